The molecule has 0 bridgehead atoms. The molecule has 0 saturated heterocycles. The van der Waals surface area contributed by atoms with Crippen molar-refractivity contribution in [3.05, 3.63) is 0 Å². The molecule has 9 nitrogen and oxygen atoms in total. The van der Waals surface area contributed by atoms with Crippen LogP contribution in [0.1, 0.15) is 6.42 Å². The van der Waals surface area contributed by atoms with Crippen LogP contribution in [0.4, 0.5) is 0 Å². The zero-order valence-electron chi connectivity index (χ0n) is 8.18. The molecule has 0 aliphatic rings. The quantitative estimate of drug-likeness (QED) is 0.306. The molecule has 16 heavy (non-hydrogen) atoms. The van der Waals surface area contributed by atoms with Crippen LogP contribution in [-0.4, -0.2) is 44.0 Å². The number of hydrogen-bond acceptors (Lipinski definition) is 4. The molecular formula is C5H14N2O7P2. The summed E-state index contributed by atoms with van der Waals surface area (Å²) >= 11 is 0. The third-order valence-electron chi connectivity index (χ3n) is 1.69. The summed E-state index contributed by atoms with van der Waals surface area (Å²) in [5, 5.41) is 0.0574. The molecule has 11 heteroatoms. The number of rotatable bonds is 6. The summed E-state index contributed by atoms with van der Waals surface area (Å²) in [4.78, 5) is 45.5. The predicted molar refractivity (Wildman–Crippen MR) is 54.6 cm³/mol. The maximum Gasteiger partial charge on any atom is 0.340 e. The minimum atomic E-state index is -4.91. The highest BCUT2D eigenvalue weighted by molar-refractivity contribution is 7.70. The van der Waals surface area contributed by atoms with E-state index in [4.69, 9.17) is 25.3 Å². The molecule has 0 heterocycles. The van der Waals surface area contributed by atoms with Gasteiger partial charge in [-0.1, -0.05) is 0 Å². The van der Waals surface area contributed by atoms with Crippen LogP contribution in [0, 0.1) is 0 Å². The van der Waals surface area contributed by atoms with E-state index in [1.807, 2.05) is 0 Å². The lowest BCUT2D eigenvalue weighted by molar-refractivity contribution is -0.119. The van der Waals surface area contributed by atoms with E-state index in [1.54, 1.807) is 0 Å². The van der Waals surface area contributed by atoms with Gasteiger partial charge in [0.1, 0.15) is 0 Å². The number of hydrogen-bond donors (Lipinski definition) is 6. The lowest BCUT2D eigenvalue weighted by Crippen LogP contribution is -2.32. The SMILES string of the molecule is NCC(=O)NCCC(P(=O)(O)O)P(=O)(O)O. The van der Waals surface area contributed by atoms with Gasteiger partial charge in [0.05, 0.1) is 6.54 Å². The van der Waals surface area contributed by atoms with Crippen LogP contribution in [0.2, 0.25) is 0 Å². The number of nitrogens with two attached hydrogens (primary N) is 1. The van der Waals surface area contributed by atoms with E-state index in [9.17, 15) is 13.9 Å². The van der Waals surface area contributed by atoms with E-state index >= 15 is 0 Å². The van der Waals surface area contributed by atoms with Gasteiger partial charge in [0, 0.05) is 6.54 Å². The van der Waals surface area contributed by atoms with Crippen molar-refractivity contribution in [2.45, 2.75) is 11.8 Å². The van der Waals surface area contributed by atoms with Crippen molar-refractivity contribution in [3.63, 3.8) is 0 Å². The van der Waals surface area contributed by atoms with Crippen molar-refractivity contribution in [1.82, 2.24) is 5.32 Å². The van der Waals surface area contributed by atoms with Gasteiger partial charge in [0.25, 0.3) is 0 Å². The number of nitrogens with one attached hydrogen (secondary N) is 1. The predicted octanol–water partition coefficient (Wildman–Crippen LogP) is -1.87. The first-order valence-corrected chi connectivity index (χ1v) is 7.52. The molecule has 7 N–H and O–H groups in total. The second-order valence-corrected chi connectivity index (χ2v) is 7.01. The average Bonchev–Trinajstić information content (AvgIpc) is 2.07. The fourth-order valence-corrected chi connectivity index (χ4v) is 3.44. The lowest BCUT2D eigenvalue weighted by Gasteiger charge is -2.19. The second kappa shape index (κ2) is 5.88. The zero-order valence-corrected chi connectivity index (χ0v) is 9.97. The summed E-state index contributed by atoms with van der Waals surface area (Å²) < 4.78 is 21.6. The maximum atomic E-state index is 10.8. The Hall–Kier alpha value is -0.270. The molecule has 0 radical (unpaired) electrons. The summed E-state index contributed by atoms with van der Waals surface area (Å²) in [5.41, 5.74) is 4.94. The third kappa shape index (κ3) is 5.72. The average molecular weight is 276 g/mol. The van der Waals surface area contributed by atoms with Crippen LogP contribution in [0.25, 0.3) is 0 Å². The summed E-state index contributed by atoms with van der Waals surface area (Å²) in [7, 11) is -9.82. The molecule has 0 fully saturated rings. The normalized spacial score (nSPS) is 12.9. The van der Waals surface area contributed by atoms with Crippen LogP contribution in [-0.2, 0) is 13.9 Å². The van der Waals surface area contributed by atoms with Gasteiger partial charge in [-0.15, -0.1) is 0 Å². The summed E-state index contributed by atoms with van der Waals surface area (Å²) in [6.45, 7) is -0.576. The van der Waals surface area contributed by atoms with Gasteiger partial charge in [-0.3, -0.25) is 13.9 Å². The fraction of sp³-hybridized carbons (Fsp3) is 0.800. The van der Waals surface area contributed by atoms with E-state index in [1.165, 1.54) is 0 Å². The highest BCUT2D eigenvalue weighted by Gasteiger charge is 2.42. The van der Waals surface area contributed by atoms with Gasteiger partial charge < -0.3 is 30.6 Å². The monoisotopic (exact) mass is 276 g/mol. The highest BCUT2D eigenvalue weighted by atomic mass is 31.2. The van der Waals surface area contributed by atoms with Crippen molar-refractivity contribution in [1.29, 1.82) is 0 Å². The molecule has 0 unspecified atom stereocenters. The van der Waals surface area contributed by atoms with Crippen LogP contribution in [0.15, 0.2) is 0 Å². The van der Waals surface area contributed by atoms with Crippen molar-refractivity contribution in [3.8, 4) is 0 Å². The Morgan fingerprint density at radius 2 is 1.62 bits per heavy atom. The second-order valence-electron chi connectivity index (χ2n) is 3.00. The number of carbonyl (C=O) groups excluding carboxylic acids is 1. The Labute approximate surface area is 91.4 Å². The molecule has 0 rings (SSSR count). The Morgan fingerprint density at radius 1 is 1.19 bits per heavy atom. The first kappa shape index (κ1) is 15.7. The largest absolute Gasteiger partial charge is 0.355 e. The molecular weight excluding hydrogens is 262 g/mol. The van der Waals surface area contributed by atoms with Gasteiger partial charge in [0.15, 0.2) is 5.40 Å². The Kier molecular flexibility index (Phi) is 5.78. The minimum Gasteiger partial charge on any atom is -0.355 e. The van der Waals surface area contributed by atoms with Crippen molar-refractivity contribution < 1.29 is 33.5 Å². The zero-order chi connectivity index (χ0) is 13.0. The van der Waals surface area contributed by atoms with E-state index in [0.717, 1.165) is 0 Å². The maximum absolute atomic E-state index is 10.8. The molecule has 0 saturated carbocycles. The Bertz CT molecular complexity index is 312. The van der Waals surface area contributed by atoms with Gasteiger partial charge in [0.2, 0.25) is 5.91 Å². The molecule has 1 amide bonds. The third-order valence-corrected chi connectivity index (χ3v) is 5.56. The minimum absolute atomic E-state index is 0.267. The Balaban J connectivity index is 4.44. The first-order valence-electron chi connectivity index (χ1n) is 4.16. The van der Waals surface area contributed by atoms with Gasteiger partial charge in [-0.05, 0) is 6.42 Å². The summed E-state index contributed by atoms with van der Waals surface area (Å²) in [6, 6.07) is 0. The van der Waals surface area contributed by atoms with E-state index in [2.05, 4.69) is 5.32 Å². The van der Waals surface area contributed by atoms with Crippen LogP contribution in [0.5, 0.6) is 0 Å². The molecule has 0 aromatic carbocycles. The van der Waals surface area contributed by atoms with Crippen LogP contribution < -0.4 is 11.1 Å². The molecule has 96 valence electrons. The number of amides is 1. The van der Waals surface area contributed by atoms with Crippen LogP contribution >= 0.6 is 15.2 Å². The van der Waals surface area contributed by atoms with Crippen molar-refractivity contribution >= 4 is 21.1 Å². The fourth-order valence-electron chi connectivity index (χ4n) is 0.945. The molecule has 0 spiro atoms. The topological polar surface area (TPSA) is 170 Å². The van der Waals surface area contributed by atoms with Gasteiger partial charge in [-0.2, -0.15) is 0 Å². The highest BCUT2D eigenvalue weighted by Crippen LogP contribution is 2.61. The van der Waals surface area contributed by atoms with E-state index in [0.29, 0.717) is 0 Å². The molecule has 0 aliphatic heterocycles. The van der Waals surface area contributed by atoms with Gasteiger partial charge >= 0.3 is 15.2 Å². The van der Waals surface area contributed by atoms with Crippen molar-refractivity contribution in [2.24, 2.45) is 5.73 Å². The smallest absolute Gasteiger partial charge is 0.340 e. The molecule has 0 aromatic heterocycles. The van der Waals surface area contributed by atoms with Gasteiger partial charge in [-0.25, -0.2) is 0 Å². The summed E-state index contributed by atoms with van der Waals surface area (Å²) in [6.07, 6.45) is -0.527. The van der Waals surface area contributed by atoms with E-state index < -0.39 is 32.9 Å². The standard InChI is InChI=1S/C5H14N2O7P2/c6-3-4(8)7-2-1-5(15(9,10)11)16(12,13)14/h5H,1-3,6H2,(H,7,8)(H2,9,10,11)(H2,12,13,14). The Morgan fingerprint density at radius 3 is 1.94 bits per heavy atom. The lowest BCUT2D eigenvalue weighted by atomic mass is 10.4. The number of carbonyl (C=O) groups is 1. The van der Waals surface area contributed by atoms with Crippen LogP contribution in [0.3, 0.4) is 0 Å². The van der Waals surface area contributed by atoms with E-state index in [-0.39, 0.29) is 13.1 Å². The molecule has 0 aliphatic carbocycles. The molecule has 0 atom stereocenters. The molecule has 0 aromatic rings. The first-order chi connectivity index (χ1) is 7.09. The van der Waals surface area contributed by atoms with Crippen molar-refractivity contribution in [2.75, 3.05) is 13.1 Å². The summed E-state index contributed by atoms with van der Waals surface area (Å²) in [5.74, 6) is -0.574.